The van der Waals surface area contributed by atoms with E-state index in [2.05, 4.69) is 0 Å². The number of aliphatic carboxylic acids is 1. The van der Waals surface area contributed by atoms with E-state index in [1.54, 1.807) is 7.11 Å². The minimum atomic E-state index is -0.764. The molecule has 1 aromatic rings. The molecule has 0 spiro atoms. The van der Waals surface area contributed by atoms with Gasteiger partial charge in [0.15, 0.2) is 0 Å². The Labute approximate surface area is 130 Å². The number of benzene rings is 1. The predicted molar refractivity (Wildman–Crippen MR) is 82.9 cm³/mol. The van der Waals surface area contributed by atoms with Crippen molar-refractivity contribution in [3.05, 3.63) is 29.8 Å². The van der Waals surface area contributed by atoms with Crippen molar-refractivity contribution in [2.45, 2.75) is 32.1 Å². The minimum Gasteiger partial charge on any atom is -0.497 e. The summed E-state index contributed by atoms with van der Waals surface area (Å²) in [4.78, 5) is 25.0. The number of ether oxygens (including phenoxy) is 1. The molecule has 0 aromatic heterocycles. The summed E-state index contributed by atoms with van der Waals surface area (Å²) in [6, 6.07) is 7.54. The van der Waals surface area contributed by atoms with E-state index in [9.17, 15) is 9.59 Å². The van der Waals surface area contributed by atoms with Crippen molar-refractivity contribution in [3.8, 4) is 5.75 Å². The van der Waals surface area contributed by atoms with Crippen LogP contribution in [0.15, 0.2) is 24.3 Å². The van der Waals surface area contributed by atoms with Gasteiger partial charge in [-0.1, -0.05) is 12.1 Å². The molecule has 22 heavy (non-hydrogen) atoms. The number of piperidine rings is 1. The lowest BCUT2D eigenvalue weighted by Gasteiger charge is -2.32. The number of hydrogen-bond donors (Lipinski definition) is 1. The molecule has 120 valence electrons. The quantitative estimate of drug-likeness (QED) is 0.876. The summed E-state index contributed by atoms with van der Waals surface area (Å²) in [6.07, 6.45) is 3.16. The zero-order valence-corrected chi connectivity index (χ0v) is 13.0. The van der Waals surface area contributed by atoms with E-state index in [0.29, 0.717) is 25.3 Å². The Balaban J connectivity index is 1.89. The molecule has 0 unspecified atom stereocenters. The number of carbonyl (C=O) groups is 2. The van der Waals surface area contributed by atoms with Crippen LogP contribution in [0.3, 0.4) is 0 Å². The molecule has 1 atom stereocenters. The fourth-order valence-corrected chi connectivity index (χ4v) is 2.92. The van der Waals surface area contributed by atoms with Gasteiger partial charge < -0.3 is 14.7 Å². The highest BCUT2D eigenvalue weighted by Gasteiger charge is 2.24. The van der Waals surface area contributed by atoms with Crippen molar-refractivity contribution in [3.63, 3.8) is 0 Å². The molecule has 1 N–H and O–H groups in total. The van der Waals surface area contributed by atoms with Gasteiger partial charge in [0.2, 0.25) is 5.91 Å². The van der Waals surface area contributed by atoms with Crippen molar-refractivity contribution >= 4 is 11.9 Å². The van der Waals surface area contributed by atoms with Crippen LogP contribution >= 0.6 is 0 Å². The van der Waals surface area contributed by atoms with Gasteiger partial charge in [0.25, 0.3) is 0 Å². The lowest BCUT2D eigenvalue weighted by molar-refractivity contribution is -0.137. The standard InChI is InChI=1S/C17H23NO4/c1-22-15-6-2-4-14(10-15)11-16(19)18-9-3-5-13(12-18)7-8-17(20)21/h2,4,6,10,13H,3,5,7-9,11-12H2,1H3,(H,20,21)/t13-/m0/s1. The third kappa shape index (κ3) is 4.76. The van der Waals surface area contributed by atoms with Crippen LogP contribution in [0, 0.1) is 5.92 Å². The number of carboxylic acids is 1. The molecule has 2 rings (SSSR count). The molecular formula is C17H23NO4. The fourth-order valence-electron chi connectivity index (χ4n) is 2.92. The molecule has 0 bridgehead atoms. The summed E-state index contributed by atoms with van der Waals surface area (Å²) in [5, 5.41) is 8.77. The minimum absolute atomic E-state index is 0.105. The fraction of sp³-hybridized carbons (Fsp3) is 0.529. The Kier molecular flexibility index (Phi) is 5.81. The first-order chi connectivity index (χ1) is 10.6. The first-order valence-electron chi connectivity index (χ1n) is 7.71. The van der Waals surface area contributed by atoms with Crippen LogP contribution in [0.25, 0.3) is 0 Å². The number of methoxy groups -OCH3 is 1. The first-order valence-corrected chi connectivity index (χ1v) is 7.71. The van der Waals surface area contributed by atoms with Crippen molar-refractivity contribution in [1.29, 1.82) is 0 Å². The maximum absolute atomic E-state index is 12.4. The van der Waals surface area contributed by atoms with Crippen LogP contribution in [0.2, 0.25) is 0 Å². The molecule has 1 fully saturated rings. The van der Waals surface area contributed by atoms with Crippen LogP contribution in [0.4, 0.5) is 0 Å². The van der Waals surface area contributed by atoms with Crippen LogP contribution in [0.1, 0.15) is 31.2 Å². The normalized spacial score (nSPS) is 18.0. The molecular weight excluding hydrogens is 282 g/mol. The molecule has 1 heterocycles. The summed E-state index contributed by atoms with van der Waals surface area (Å²) in [5.41, 5.74) is 0.942. The maximum atomic E-state index is 12.4. The number of amides is 1. The third-order valence-electron chi connectivity index (χ3n) is 4.13. The molecule has 0 aliphatic carbocycles. The van der Waals surface area contributed by atoms with E-state index in [-0.39, 0.29) is 12.3 Å². The van der Waals surface area contributed by atoms with Gasteiger partial charge in [-0.15, -0.1) is 0 Å². The van der Waals surface area contributed by atoms with E-state index in [0.717, 1.165) is 30.7 Å². The van der Waals surface area contributed by atoms with Gasteiger partial charge in [0.05, 0.1) is 13.5 Å². The summed E-state index contributed by atoms with van der Waals surface area (Å²) >= 11 is 0. The smallest absolute Gasteiger partial charge is 0.303 e. The molecule has 1 saturated heterocycles. The lowest BCUT2D eigenvalue weighted by atomic mass is 9.93. The average Bonchev–Trinajstić information content (AvgIpc) is 2.53. The Hall–Kier alpha value is -2.04. The predicted octanol–water partition coefficient (Wildman–Crippen LogP) is 2.34. The van der Waals surface area contributed by atoms with Gasteiger partial charge in [-0.05, 0) is 42.9 Å². The average molecular weight is 305 g/mol. The number of nitrogens with zero attached hydrogens (tertiary/aromatic N) is 1. The van der Waals surface area contributed by atoms with Crippen LogP contribution in [-0.2, 0) is 16.0 Å². The zero-order chi connectivity index (χ0) is 15.9. The molecule has 1 aliphatic heterocycles. The van der Waals surface area contributed by atoms with Gasteiger partial charge in [-0.3, -0.25) is 9.59 Å². The second-order valence-corrected chi connectivity index (χ2v) is 5.81. The third-order valence-corrected chi connectivity index (χ3v) is 4.13. The highest BCUT2D eigenvalue weighted by atomic mass is 16.5. The molecule has 1 aliphatic rings. The molecule has 0 radical (unpaired) electrons. The molecule has 1 aromatic carbocycles. The number of hydrogen-bond acceptors (Lipinski definition) is 3. The van der Waals surface area contributed by atoms with Crippen molar-refractivity contribution in [1.82, 2.24) is 4.90 Å². The Morgan fingerprint density at radius 3 is 2.95 bits per heavy atom. The van der Waals surface area contributed by atoms with Gasteiger partial charge in [-0.2, -0.15) is 0 Å². The van der Waals surface area contributed by atoms with Crippen LogP contribution in [-0.4, -0.2) is 42.1 Å². The Bertz CT molecular complexity index is 529. The molecule has 1 amide bonds. The largest absolute Gasteiger partial charge is 0.497 e. The van der Waals surface area contributed by atoms with E-state index in [4.69, 9.17) is 9.84 Å². The van der Waals surface area contributed by atoms with Crippen molar-refractivity contribution in [2.24, 2.45) is 5.92 Å². The van der Waals surface area contributed by atoms with Crippen LogP contribution in [0.5, 0.6) is 5.75 Å². The van der Waals surface area contributed by atoms with E-state index in [1.165, 1.54) is 0 Å². The number of carboxylic acid groups (broad SMARTS) is 1. The highest BCUT2D eigenvalue weighted by Crippen LogP contribution is 2.22. The Morgan fingerprint density at radius 2 is 2.23 bits per heavy atom. The van der Waals surface area contributed by atoms with Crippen molar-refractivity contribution < 1.29 is 19.4 Å². The van der Waals surface area contributed by atoms with E-state index in [1.807, 2.05) is 29.2 Å². The van der Waals surface area contributed by atoms with Crippen molar-refractivity contribution in [2.75, 3.05) is 20.2 Å². The van der Waals surface area contributed by atoms with Gasteiger partial charge >= 0.3 is 5.97 Å². The van der Waals surface area contributed by atoms with Gasteiger partial charge in [0, 0.05) is 19.5 Å². The first kappa shape index (κ1) is 16.3. The van der Waals surface area contributed by atoms with Crippen LogP contribution < -0.4 is 4.74 Å². The molecule has 5 nitrogen and oxygen atoms in total. The Morgan fingerprint density at radius 1 is 1.41 bits per heavy atom. The summed E-state index contributed by atoms with van der Waals surface area (Å²) in [5.74, 6) is 0.399. The van der Waals surface area contributed by atoms with Gasteiger partial charge in [0.1, 0.15) is 5.75 Å². The second kappa shape index (κ2) is 7.82. The second-order valence-electron chi connectivity index (χ2n) is 5.81. The highest BCUT2D eigenvalue weighted by molar-refractivity contribution is 5.79. The lowest BCUT2D eigenvalue weighted by Crippen LogP contribution is -2.40. The van der Waals surface area contributed by atoms with E-state index < -0.39 is 5.97 Å². The maximum Gasteiger partial charge on any atom is 0.303 e. The van der Waals surface area contributed by atoms with E-state index >= 15 is 0 Å². The number of likely N-dealkylation sites (tertiary alicyclic amines) is 1. The zero-order valence-electron chi connectivity index (χ0n) is 13.0. The summed E-state index contributed by atoms with van der Waals surface area (Å²) in [6.45, 7) is 1.45. The number of rotatable bonds is 6. The molecule has 5 heteroatoms. The molecule has 0 saturated carbocycles. The topological polar surface area (TPSA) is 66.8 Å². The SMILES string of the molecule is COc1cccc(CC(=O)N2CCC[C@@H](CCC(=O)O)C2)c1. The number of carbonyl (C=O) groups excluding carboxylic acids is 1. The monoisotopic (exact) mass is 305 g/mol. The van der Waals surface area contributed by atoms with Gasteiger partial charge in [-0.25, -0.2) is 0 Å². The summed E-state index contributed by atoms with van der Waals surface area (Å²) < 4.78 is 5.17. The summed E-state index contributed by atoms with van der Waals surface area (Å²) in [7, 11) is 1.61.